The summed E-state index contributed by atoms with van der Waals surface area (Å²) in [5.74, 6) is 0.244. The summed E-state index contributed by atoms with van der Waals surface area (Å²) in [6, 6.07) is 13.5. The summed E-state index contributed by atoms with van der Waals surface area (Å²) >= 11 is 0. The lowest BCUT2D eigenvalue weighted by atomic mass is 9.94. The molecule has 0 radical (unpaired) electrons. The van der Waals surface area contributed by atoms with Crippen LogP contribution in [0.3, 0.4) is 0 Å². The zero-order chi connectivity index (χ0) is 23.4. The van der Waals surface area contributed by atoms with E-state index in [0.717, 1.165) is 35.7 Å². The zero-order valence-corrected chi connectivity index (χ0v) is 19.7. The van der Waals surface area contributed by atoms with Gasteiger partial charge >= 0.3 is 0 Å². The van der Waals surface area contributed by atoms with Crippen molar-refractivity contribution in [1.29, 1.82) is 0 Å². The summed E-state index contributed by atoms with van der Waals surface area (Å²) in [5, 5.41) is 8.26. The van der Waals surface area contributed by atoms with Crippen LogP contribution in [0.1, 0.15) is 45.1 Å². The van der Waals surface area contributed by atoms with Crippen LogP contribution >= 0.6 is 0 Å². The normalized spacial score (nSPS) is 19.4. The Kier molecular flexibility index (Phi) is 7.31. The largest absolute Gasteiger partial charge is 0.356 e. The minimum absolute atomic E-state index is 0.0397. The predicted octanol–water partition coefficient (Wildman–Crippen LogP) is 3.29. The summed E-state index contributed by atoms with van der Waals surface area (Å²) in [6.07, 6.45) is 4.24. The van der Waals surface area contributed by atoms with Crippen LogP contribution < -0.4 is 10.6 Å². The standard InChI is InChI=1S/C27H35N3O3/c1-18(2)25(29-24(31)15-20-11-12-21-6-3-4-7-22(21)14-20)27(33)30-13-5-8-23(17-30)26(32)28-16-19-9-10-19/h3-4,6-7,11-12,14,18-19,23,25H,5,8-10,13,15-17H2,1-2H3,(H,28,32)(H,29,31)/t23-,25+/m0/s1. The molecule has 33 heavy (non-hydrogen) atoms. The number of hydrogen-bond acceptors (Lipinski definition) is 3. The molecule has 1 aliphatic heterocycles. The van der Waals surface area contributed by atoms with Gasteiger partial charge in [0.25, 0.3) is 0 Å². The van der Waals surface area contributed by atoms with Crippen LogP contribution in [0, 0.1) is 17.8 Å². The third-order valence-corrected chi connectivity index (χ3v) is 6.79. The number of carbonyl (C=O) groups excluding carboxylic acids is 3. The third kappa shape index (κ3) is 6.12. The zero-order valence-electron chi connectivity index (χ0n) is 19.7. The quantitative estimate of drug-likeness (QED) is 0.649. The molecule has 3 amide bonds. The average molecular weight is 450 g/mol. The molecule has 1 aliphatic carbocycles. The van der Waals surface area contributed by atoms with Gasteiger partial charge in [0.05, 0.1) is 12.3 Å². The molecule has 1 saturated heterocycles. The van der Waals surface area contributed by atoms with Crippen LogP contribution in [0.15, 0.2) is 42.5 Å². The Labute approximate surface area is 196 Å². The van der Waals surface area contributed by atoms with E-state index < -0.39 is 6.04 Å². The first-order valence-corrected chi connectivity index (χ1v) is 12.2. The number of nitrogens with one attached hydrogen (secondary N) is 2. The van der Waals surface area contributed by atoms with E-state index in [4.69, 9.17) is 0 Å². The molecule has 2 aromatic rings. The lowest BCUT2D eigenvalue weighted by Gasteiger charge is -2.35. The third-order valence-electron chi connectivity index (χ3n) is 6.79. The van der Waals surface area contributed by atoms with E-state index in [1.165, 1.54) is 12.8 Å². The first-order valence-electron chi connectivity index (χ1n) is 12.2. The van der Waals surface area contributed by atoms with Gasteiger partial charge in [0, 0.05) is 19.6 Å². The number of nitrogens with zero attached hydrogens (tertiary/aromatic N) is 1. The van der Waals surface area contributed by atoms with Gasteiger partial charge in [-0.05, 0) is 53.9 Å². The van der Waals surface area contributed by atoms with Crippen molar-refractivity contribution in [3.8, 4) is 0 Å². The van der Waals surface area contributed by atoms with Crippen LogP contribution in [0.4, 0.5) is 0 Å². The van der Waals surface area contributed by atoms with E-state index in [1.807, 2.05) is 56.3 Å². The number of hydrogen-bond donors (Lipinski definition) is 2. The second-order valence-corrected chi connectivity index (χ2v) is 9.96. The minimum Gasteiger partial charge on any atom is -0.356 e. The van der Waals surface area contributed by atoms with Crippen LogP contribution in [0.25, 0.3) is 10.8 Å². The molecule has 2 aromatic carbocycles. The molecule has 6 nitrogen and oxygen atoms in total. The van der Waals surface area contributed by atoms with Crippen molar-refractivity contribution >= 4 is 28.5 Å². The van der Waals surface area contributed by atoms with Gasteiger partial charge in [0.2, 0.25) is 17.7 Å². The van der Waals surface area contributed by atoms with Crippen molar-refractivity contribution in [3.63, 3.8) is 0 Å². The maximum absolute atomic E-state index is 13.3. The molecule has 6 heteroatoms. The topological polar surface area (TPSA) is 78.5 Å². The molecule has 0 bridgehead atoms. The van der Waals surface area contributed by atoms with Crippen LogP contribution in [0.2, 0.25) is 0 Å². The lowest BCUT2D eigenvalue weighted by molar-refractivity contribution is -0.140. The number of piperidine rings is 1. The summed E-state index contributed by atoms with van der Waals surface area (Å²) < 4.78 is 0. The fourth-order valence-corrected chi connectivity index (χ4v) is 4.57. The van der Waals surface area contributed by atoms with Crippen molar-refractivity contribution in [2.45, 2.75) is 52.0 Å². The Bertz CT molecular complexity index is 1010. The molecule has 2 fully saturated rings. The first-order chi connectivity index (χ1) is 15.9. The van der Waals surface area contributed by atoms with Crippen molar-refractivity contribution < 1.29 is 14.4 Å². The number of benzene rings is 2. The van der Waals surface area contributed by atoms with Gasteiger partial charge < -0.3 is 15.5 Å². The van der Waals surface area contributed by atoms with Crippen molar-refractivity contribution in [1.82, 2.24) is 15.5 Å². The minimum atomic E-state index is -0.591. The molecule has 1 heterocycles. The van der Waals surface area contributed by atoms with Crippen LogP contribution in [0.5, 0.6) is 0 Å². The van der Waals surface area contributed by atoms with E-state index >= 15 is 0 Å². The number of fused-ring (bicyclic) bond motifs is 1. The molecule has 0 unspecified atom stereocenters. The van der Waals surface area contributed by atoms with E-state index in [0.29, 0.717) is 19.0 Å². The molecular weight excluding hydrogens is 414 g/mol. The van der Waals surface area contributed by atoms with Gasteiger partial charge in [-0.3, -0.25) is 14.4 Å². The SMILES string of the molecule is CC(C)[C@@H](NC(=O)Cc1ccc2ccccc2c1)C(=O)N1CCC[C@H](C(=O)NCC2CC2)C1. The second-order valence-electron chi connectivity index (χ2n) is 9.96. The highest BCUT2D eigenvalue weighted by molar-refractivity contribution is 5.90. The molecular formula is C27H35N3O3. The molecule has 0 spiro atoms. The molecule has 4 rings (SSSR count). The van der Waals surface area contributed by atoms with Gasteiger partial charge in [0.15, 0.2) is 0 Å². The molecule has 2 N–H and O–H groups in total. The Balaban J connectivity index is 1.35. The van der Waals surface area contributed by atoms with E-state index in [9.17, 15) is 14.4 Å². The molecule has 176 valence electrons. The predicted molar refractivity (Wildman–Crippen MR) is 129 cm³/mol. The van der Waals surface area contributed by atoms with Crippen LogP contribution in [-0.2, 0) is 20.8 Å². The molecule has 0 aromatic heterocycles. The Morgan fingerprint density at radius 2 is 1.79 bits per heavy atom. The van der Waals surface area contributed by atoms with Gasteiger partial charge in [-0.15, -0.1) is 0 Å². The fraction of sp³-hybridized carbons (Fsp3) is 0.519. The highest BCUT2D eigenvalue weighted by Crippen LogP contribution is 2.28. The maximum atomic E-state index is 13.3. The summed E-state index contributed by atoms with van der Waals surface area (Å²) in [7, 11) is 0. The summed E-state index contributed by atoms with van der Waals surface area (Å²) in [5.41, 5.74) is 0.923. The van der Waals surface area contributed by atoms with E-state index in [1.54, 1.807) is 4.90 Å². The first kappa shape index (κ1) is 23.3. The lowest BCUT2D eigenvalue weighted by Crippen LogP contribution is -2.55. The molecule has 2 aliphatic rings. The van der Waals surface area contributed by atoms with Crippen molar-refractivity contribution in [2.75, 3.05) is 19.6 Å². The highest BCUT2D eigenvalue weighted by atomic mass is 16.2. The second kappa shape index (κ2) is 10.4. The monoisotopic (exact) mass is 449 g/mol. The Morgan fingerprint density at radius 1 is 1.03 bits per heavy atom. The Morgan fingerprint density at radius 3 is 2.52 bits per heavy atom. The number of amides is 3. The Hall–Kier alpha value is -2.89. The number of rotatable bonds is 8. The smallest absolute Gasteiger partial charge is 0.245 e. The number of carbonyl (C=O) groups is 3. The van der Waals surface area contributed by atoms with Gasteiger partial charge in [-0.25, -0.2) is 0 Å². The summed E-state index contributed by atoms with van der Waals surface area (Å²) in [6.45, 7) is 5.71. The average Bonchev–Trinajstić information content (AvgIpc) is 3.65. The van der Waals surface area contributed by atoms with Gasteiger partial charge in [0.1, 0.15) is 6.04 Å². The maximum Gasteiger partial charge on any atom is 0.245 e. The summed E-state index contributed by atoms with van der Waals surface area (Å²) in [4.78, 5) is 40.5. The van der Waals surface area contributed by atoms with E-state index in [2.05, 4.69) is 10.6 Å². The van der Waals surface area contributed by atoms with Gasteiger partial charge in [-0.2, -0.15) is 0 Å². The fourth-order valence-electron chi connectivity index (χ4n) is 4.57. The van der Waals surface area contributed by atoms with E-state index in [-0.39, 0.29) is 36.0 Å². The van der Waals surface area contributed by atoms with Crippen molar-refractivity contribution in [2.24, 2.45) is 17.8 Å². The molecule has 2 atom stereocenters. The number of likely N-dealkylation sites (tertiary alicyclic amines) is 1. The van der Waals surface area contributed by atoms with Gasteiger partial charge in [-0.1, -0.05) is 56.3 Å². The molecule has 1 saturated carbocycles. The van der Waals surface area contributed by atoms with Crippen molar-refractivity contribution in [3.05, 3.63) is 48.0 Å². The highest BCUT2D eigenvalue weighted by Gasteiger charge is 2.34. The van der Waals surface area contributed by atoms with Crippen LogP contribution in [-0.4, -0.2) is 48.3 Å².